The molecule has 0 aliphatic carbocycles. The van der Waals surface area contributed by atoms with Crippen molar-refractivity contribution in [3.63, 3.8) is 0 Å². The molecule has 0 atom stereocenters. The largest absolute Gasteiger partial charge is 0.491 e. The summed E-state index contributed by atoms with van der Waals surface area (Å²) < 4.78 is 34.9. The van der Waals surface area contributed by atoms with Crippen molar-refractivity contribution in [2.75, 3.05) is 11.9 Å². The van der Waals surface area contributed by atoms with Gasteiger partial charge in [-0.1, -0.05) is 11.6 Å². The van der Waals surface area contributed by atoms with Crippen LogP contribution < -0.4 is 10.1 Å². The highest BCUT2D eigenvalue weighted by Gasteiger charge is 2.21. The smallest absolute Gasteiger partial charge is 0.261 e. The predicted octanol–water partition coefficient (Wildman–Crippen LogP) is 4.45. The first-order valence-electron chi connectivity index (χ1n) is 7.73. The lowest BCUT2D eigenvalue weighted by atomic mass is 10.1. The summed E-state index contributed by atoms with van der Waals surface area (Å²) in [6, 6.07) is 8.52. The normalized spacial score (nSPS) is 10.6. The predicted molar refractivity (Wildman–Crippen MR) is 94.1 cm³/mol. The van der Waals surface area contributed by atoms with Crippen LogP contribution in [-0.2, 0) is 0 Å². The van der Waals surface area contributed by atoms with Gasteiger partial charge in [0, 0.05) is 18.1 Å². The molecule has 0 saturated heterocycles. The van der Waals surface area contributed by atoms with E-state index in [9.17, 15) is 13.6 Å². The van der Waals surface area contributed by atoms with E-state index in [1.165, 1.54) is 6.07 Å². The third-order valence-electron chi connectivity index (χ3n) is 3.54. The van der Waals surface area contributed by atoms with Gasteiger partial charge in [-0.25, -0.2) is 13.5 Å². The molecule has 0 saturated carbocycles. The summed E-state index contributed by atoms with van der Waals surface area (Å²) in [5.74, 6) is -3.16. The number of ether oxygens (including phenoxy) is 1. The van der Waals surface area contributed by atoms with Crippen LogP contribution >= 0.6 is 11.6 Å². The van der Waals surface area contributed by atoms with Gasteiger partial charge in [-0.3, -0.25) is 4.79 Å². The number of hydrogen-bond donors (Lipinski definition) is 1. The minimum atomic E-state index is -1.05. The van der Waals surface area contributed by atoms with Crippen LogP contribution in [0.2, 0.25) is 5.02 Å². The molecule has 1 N–H and O–H groups in total. The summed E-state index contributed by atoms with van der Waals surface area (Å²) >= 11 is 6.20. The number of nitrogens with zero attached hydrogens (tertiary/aromatic N) is 2. The van der Waals surface area contributed by atoms with Crippen molar-refractivity contribution in [2.45, 2.75) is 6.92 Å². The molecule has 1 amide bonds. The second-order valence-electron chi connectivity index (χ2n) is 5.24. The molecule has 0 spiro atoms. The molecule has 0 aliphatic heterocycles. The zero-order valence-electron chi connectivity index (χ0n) is 13.7. The van der Waals surface area contributed by atoms with Crippen LogP contribution in [0.25, 0.3) is 5.69 Å². The number of nitrogens with one attached hydrogen (secondary N) is 1. The maximum atomic E-state index is 14.3. The third-order valence-corrected chi connectivity index (χ3v) is 3.84. The zero-order chi connectivity index (χ0) is 18.7. The molecule has 0 unspecified atom stereocenters. The Balaban J connectivity index is 1.87. The number of anilines is 1. The average molecular weight is 378 g/mol. The summed E-state index contributed by atoms with van der Waals surface area (Å²) in [4.78, 5) is 12.3. The molecule has 1 heterocycles. The van der Waals surface area contributed by atoms with Crippen molar-refractivity contribution in [1.29, 1.82) is 0 Å². The zero-order valence-corrected chi connectivity index (χ0v) is 14.4. The number of carbonyl (C=O) groups is 1. The van der Waals surface area contributed by atoms with Crippen molar-refractivity contribution in [2.24, 2.45) is 0 Å². The molecule has 2 aromatic carbocycles. The van der Waals surface area contributed by atoms with E-state index < -0.39 is 23.1 Å². The van der Waals surface area contributed by atoms with Gasteiger partial charge in [-0.15, -0.1) is 0 Å². The van der Waals surface area contributed by atoms with Gasteiger partial charge in [0.05, 0.1) is 17.3 Å². The first kappa shape index (κ1) is 17.9. The highest BCUT2D eigenvalue weighted by Crippen LogP contribution is 2.27. The molecule has 0 bridgehead atoms. The highest BCUT2D eigenvalue weighted by atomic mass is 35.5. The molecule has 3 aromatic rings. The van der Waals surface area contributed by atoms with Crippen LogP contribution in [0, 0.1) is 11.6 Å². The van der Waals surface area contributed by atoms with E-state index >= 15 is 0 Å². The first-order valence-corrected chi connectivity index (χ1v) is 8.10. The van der Waals surface area contributed by atoms with Crippen LogP contribution in [0.5, 0.6) is 5.75 Å². The van der Waals surface area contributed by atoms with E-state index in [0.717, 1.165) is 12.1 Å². The number of amides is 1. The summed E-state index contributed by atoms with van der Waals surface area (Å²) in [6.07, 6.45) is 3.31. The fourth-order valence-corrected chi connectivity index (χ4v) is 2.65. The average Bonchev–Trinajstić information content (AvgIpc) is 3.12. The van der Waals surface area contributed by atoms with E-state index in [2.05, 4.69) is 10.4 Å². The molecular weight excluding hydrogens is 364 g/mol. The van der Waals surface area contributed by atoms with E-state index in [1.54, 1.807) is 42.2 Å². The SMILES string of the molecule is CCOc1ccc(F)c(C(=O)Nc2ccc(-n3cccn3)c(Cl)c2)c1F. The van der Waals surface area contributed by atoms with Crippen LogP contribution in [0.15, 0.2) is 48.8 Å². The molecule has 8 heteroatoms. The van der Waals surface area contributed by atoms with E-state index in [0.29, 0.717) is 10.7 Å². The molecule has 0 aliphatic rings. The molecule has 3 rings (SSSR count). The van der Waals surface area contributed by atoms with Crippen LogP contribution in [0.3, 0.4) is 0 Å². The Labute approximate surface area is 153 Å². The lowest BCUT2D eigenvalue weighted by Crippen LogP contribution is -2.16. The van der Waals surface area contributed by atoms with Crippen LogP contribution in [0.4, 0.5) is 14.5 Å². The molecule has 1 aromatic heterocycles. The van der Waals surface area contributed by atoms with Crippen molar-refractivity contribution in [3.8, 4) is 11.4 Å². The topological polar surface area (TPSA) is 56.1 Å². The quantitative estimate of drug-likeness (QED) is 0.714. The minimum Gasteiger partial charge on any atom is -0.491 e. The molecule has 5 nitrogen and oxygen atoms in total. The van der Waals surface area contributed by atoms with E-state index in [4.69, 9.17) is 16.3 Å². The van der Waals surface area contributed by atoms with Gasteiger partial charge in [-0.05, 0) is 43.3 Å². The van der Waals surface area contributed by atoms with Gasteiger partial charge >= 0.3 is 0 Å². The summed E-state index contributed by atoms with van der Waals surface area (Å²) in [5, 5.41) is 6.82. The van der Waals surface area contributed by atoms with E-state index in [1.807, 2.05) is 0 Å². The number of hydrogen-bond acceptors (Lipinski definition) is 3. The third kappa shape index (κ3) is 3.52. The summed E-state index contributed by atoms with van der Waals surface area (Å²) in [6.45, 7) is 1.85. The summed E-state index contributed by atoms with van der Waals surface area (Å²) in [5.41, 5.74) is 0.171. The monoisotopic (exact) mass is 377 g/mol. The van der Waals surface area contributed by atoms with Gasteiger partial charge in [0.15, 0.2) is 11.6 Å². The minimum absolute atomic E-state index is 0.189. The van der Waals surface area contributed by atoms with Gasteiger partial charge in [0.1, 0.15) is 11.4 Å². The maximum absolute atomic E-state index is 14.3. The Hall–Kier alpha value is -2.93. The number of halogens is 3. The lowest BCUT2D eigenvalue weighted by molar-refractivity contribution is 0.101. The number of carbonyl (C=O) groups excluding carboxylic acids is 1. The van der Waals surface area contributed by atoms with Crippen LogP contribution in [0.1, 0.15) is 17.3 Å². The van der Waals surface area contributed by atoms with E-state index in [-0.39, 0.29) is 18.0 Å². The number of aromatic nitrogens is 2. The summed E-state index contributed by atoms with van der Waals surface area (Å²) in [7, 11) is 0. The van der Waals surface area contributed by atoms with Gasteiger partial charge in [0.2, 0.25) is 0 Å². The highest BCUT2D eigenvalue weighted by molar-refractivity contribution is 6.32. The van der Waals surface area contributed by atoms with Crippen molar-refractivity contribution >= 4 is 23.2 Å². The van der Waals surface area contributed by atoms with Crippen LogP contribution in [-0.4, -0.2) is 22.3 Å². The second-order valence-corrected chi connectivity index (χ2v) is 5.65. The van der Waals surface area contributed by atoms with Gasteiger partial charge in [0.25, 0.3) is 5.91 Å². The molecule has 0 radical (unpaired) electrons. The lowest BCUT2D eigenvalue weighted by Gasteiger charge is -2.12. The Morgan fingerprint density at radius 3 is 2.77 bits per heavy atom. The Morgan fingerprint density at radius 2 is 2.12 bits per heavy atom. The Bertz CT molecular complexity index is 946. The molecule has 0 fully saturated rings. The van der Waals surface area contributed by atoms with Crippen molar-refractivity contribution in [1.82, 2.24) is 9.78 Å². The number of rotatable bonds is 5. The Kier molecular flexibility index (Phi) is 5.18. The second kappa shape index (κ2) is 7.53. The van der Waals surface area contributed by atoms with Crippen molar-refractivity contribution in [3.05, 3.63) is 71.0 Å². The maximum Gasteiger partial charge on any atom is 0.261 e. The fourth-order valence-electron chi connectivity index (χ4n) is 2.38. The van der Waals surface area contributed by atoms with Gasteiger partial charge in [-0.2, -0.15) is 5.10 Å². The first-order chi connectivity index (χ1) is 12.5. The van der Waals surface area contributed by atoms with Crippen molar-refractivity contribution < 1.29 is 18.3 Å². The fraction of sp³-hybridized carbons (Fsp3) is 0.111. The molecule has 26 heavy (non-hydrogen) atoms. The molecule has 134 valence electrons. The standard InChI is InChI=1S/C18H14ClF2N3O2/c1-2-26-15-7-5-13(20)16(17(15)21)18(25)23-11-4-6-14(12(19)10-11)24-9-3-8-22-24/h3-10H,2H2,1H3,(H,23,25). The van der Waals surface area contributed by atoms with Gasteiger partial charge < -0.3 is 10.1 Å². The number of benzene rings is 2. The molecular formula is C18H14ClF2N3O2. The Morgan fingerprint density at radius 1 is 1.31 bits per heavy atom.